The minimum atomic E-state index is -0.527. The van der Waals surface area contributed by atoms with Gasteiger partial charge in [-0.25, -0.2) is 4.79 Å². The minimum Gasteiger partial charge on any atom is -0.444 e. The second-order valence-electron chi connectivity index (χ2n) is 6.30. The summed E-state index contributed by atoms with van der Waals surface area (Å²) in [6, 6.07) is -0.0230. The number of amides is 2. The van der Waals surface area contributed by atoms with Crippen LogP contribution in [-0.4, -0.2) is 29.7 Å². The van der Waals surface area contributed by atoms with Crippen molar-refractivity contribution in [2.45, 2.75) is 71.1 Å². The molecule has 0 bridgehead atoms. The molecule has 0 saturated carbocycles. The van der Waals surface area contributed by atoms with Crippen LogP contribution < -0.4 is 10.6 Å². The van der Waals surface area contributed by atoms with Crippen LogP contribution in [0.25, 0.3) is 0 Å². The lowest BCUT2D eigenvalue weighted by atomic mass is 10.0. The maximum Gasteiger partial charge on any atom is 0.407 e. The molecule has 2 N–H and O–H groups in total. The Morgan fingerprint density at radius 1 is 1.35 bits per heavy atom. The first kappa shape index (κ1) is 16.5. The predicted molar refractivity (Wildman–Crippen MR) is 78.4 cm³/mol. The van der Waals surface area contributed by atoms with E-state index < -0.39 is 11.7 Å². The quantitative estimate of drug-likeness (QED) is 0.779. The molecule has 0 saturated heterocycles. The summed E-state index contributed by atoms with van der Waals surface area (Å²) >= 11 is 0. The molecule has 0 aromatic carbocycles. The van der Waals surface area contributed by atoms with Crippen molar-refractivity contribution in [1.29, 1.82) is 0 Å². The van der Waals surface area contributed by atoms with Gasteiger partial charge < -0.3 is 15.4 Å². The minimum absolute atomic E-state index is 0.0335. The summed E-state index contributed by atoms with van der Waals surface area (Å²) in [6.07, 6.45) is 6.89. The van der Waals surface area contributed by atoms with Crippen molar-refractivity contribution < 1.29 is 14.3 Å². The van der Waals surface area contributed by atoms with Gasteiger partial charge in [0.1, 0.15) is 5.60 Å². The largest absolute Gasteiger partial charge is 0.444 e. The van der Waals surface area contributed by atoms with Crippen molar-refractivity contribution in [2.24, 2.45) is 0 Å². The van der Waals surface area contributed by atoms with Gasteiger partial charge in [0, 0.05) is 18.5 Å². The molecule has 0 fully saturated rings. The molecule has 0 aromatic heterocycles. The molecule has 0 aromatic rings. The van der Waals surface area contributed by atoms with Crippen molar-refractivity contribution in [3.63, 3.8) is 0 Å². The van der Waals surface area contributed by atoms with Crippen molar-refractivity contribution in [1.82, 2.24) is 10.6 Å². The first-order chi connectivity index (χ1) is 9.26. The van der Waals surface area contributed by atoms with Gasteiger partial charge in [-0.15, -0.1) is 0 Å². The van der Waals surface area contributed by atoms with Crippen LogP contribution >= 0.6 is 0 Å². The van der Waals surface area contributed by atoms with Gasteiger partial charge in [0.25, 0.3) is 0 Å². The normalized spacial score (nSPS) is 20.1. The van der Waals surface area contributed by atoms with Crippen LogP contribution in [0.4, 0.5) is 4.79 Å². The van der Waals surface area contributed by atoms with E-state index in [0.717, 1.165) is 19.3 Å². The highest BCUT2D eigenvalue weighted by Crippen LogP contribution is 2.11. The van der Waals surface area contributed by atoms with Gasteiger partial charge in [0.15, 0.2) is 0 Å². The lowest BCUT2D eigenvalue weighted by Gasteiger charge is -2.23. The van der Waals surface area contributed by atoms with E-state index in [2.05, 4.69) is 22.8 Å². The molecule has 0 unspecified atom stereocenters. The third kappa shape index (κ3) is 7.16. The molecule has 0 radical (unpaired) electrons. The molecule has 5 heteroatoms. The fourth-order valence-electron chi connectivity index (χ4n) is 2.05. The van der Waals surface area contributed by atoms with Gasteiger partial charge in [-0.3, -0.25) is 4.79 Å². The van der Waals surface area contributed by atoms with E-state index in [1.54, 1.807) is 27.7 Å². The summed E-state index contributed by atoms with van der Waals surface area (Å²) in [5.74, 6) is -0.0335. The highest BCUT2D eigenvalue weighted by atomic mass is 16.6. The van der Waals surface area contributed by atoms with Gasteiger partial charge in [0.2, 0.25) is 5.91 Å². The zero-order valence-corrected chi connectivity index (χ0v) is 12.9. The summed E-state index contributed by atoms with van der Waals surface area (Å²) in [5, 5.41) is 5.66. The summed E-state index contributed by atoms with van der Waals surface area (Å²) in [5.41, 5.74) is -0.527. The average Bonchev–Trinajstić information content (AvgIpc) is 2.26. The molecule has 1 aliphatic rings. The van der Waals surface area contributed by atoms with Crippen LogP contribution in [0.15, 0.2) is 12.2 Å². The highest BCUT2D eigenvalue weighted by molar-refractivity contribution is 5.78. The van der Waals surface area contributed by atoms with Crippen molar-refractivity contribution in [3.8, 4) is 0 Å². The second kappa shape index (κ2) is 7.31. The van der Waals surface area contributed by atoms with Crippen LogP contribution in [0.5, 0.6) is 0 Å². The highest BCUT2D eigenvalue weighted by Gasteiger charge is 2.20. The molecule has 0 aliphatic heterocycles. The molecule has 114 valence electrons. The molecule has 0 spiro atoms. The number of allylic oxidation sites excluding steroid dienone is 1. The van der Waals surface area contributed by atoms with Gasteiger partial charge in [-0.2, -0.15) is 0 Å². The van der Waals surface area contributed by atoms with Crippen LogP contribution in [-0.2, 0) is 9.53 Å². The zero-order valence-electron chi connectivity index (χ0n) is 12.9. The van der Waals surface area contributed by atoms with E-state index in [9.17, 15) is 9.59 Å². The molecular weight excluding hydrogens is 256 g/mol. The lowest BCUT2D eigenvalue weighted by molar-refractivity contribution is -0.122. The maximum atomic E-state index is 11.9. The third-order valence-corrected chi connectivity index (χ3v) is 2.89. The average molecular weight is 282 g/mol. The molecule has 20 heavy (non-hydrogen) atoms. The van der Waals surface area contributed by atoms with Crippen molar-refractivity contribution >= 4 is 12.0 Å². The number of hydrogen-bond acceptors (Lipinski definition) is 3. The Bertz CT molecular complexity index is 372. The van der Waals surface area contributed by atoms with Crippen molar-refractivity contribution in [2.75, 3.05) is 0 Å². The number of ether oxygens (including phenoxy) is 1. The number of alkyl carbamates (subject to hydrolysis) is 1. The lowest BCUT2D eigenvalue weighted by Crippen LogP contribution is -2.42. The standard InChI is InChI=1S/C15H26N2O3/c1-11(16-14(19)20-15(2,3)4)10-13(18)17-12-8-6-5-7-9-12/h5-6,11-12H,7-10H2,1-4H3,(H,16,19)(H,17,18)/t11-,12+/m0/s1. The van der Waals surface area contributed by atoms with Crippen LogP contribution in [0.3, 0.4) is 0 Å². The monoisotopic (exact) mass is 282 g/mol. The van der Waals surface area contributed by atoms with E-state index >= 15 is 0 Å². The van der Waals surface area contributed by atoms with Gasteiger partial charge >= 0.3 is 6.09 Å². The fourth-order valence-corrected chi connectivity index (χ4v) is 2.05. The number of carbonyl (C=O) groups is 2. The first-order valence-electron chi connectivity index (χ1n) is 7.20. The molecule has 2 atom stereocenters. The van der Waals surface area contributed by atoms with E-state index in [0.29, 0.717) is 0 Å². The SMILES string of the molecule is C[C@@H](CC(=O)N[C@@H]1CC=CCC1)NC(=O)OC(C)(C)C. The van der Waals surface area contributed by atoms with Gasteiger partial charge in [-0.1, -0.05) is 12.2 Å². The van der Waals surface area contributed by atoms with Gasteiger partial charge in [0.05, 0.1) is 0 Å². The number of hydrogen-bond donors (Lipinski definition) is 2. The Morgan fingerprint density at radius 3 is 2.60 bits per heavy atom. The predicted octanol–water partition coefficient (Wildman–Crippen LogP) is 2.51. The van der Waals surface area contributed by atoms with Crippen LogP contribution in [0, 0.1) is 0 Å². The molecule has 1 rings (SSSR count). The molecule has 5 nitrogen and oxygen atoms in total. The van der Waals surface area contributed by atoms with Crippen LogP contribution in [0.1, 0.15) is 53.4 Å². The Hall–Kier alpha value is -1.52. The second-order valence-corrected chi connectivity index (χ2v) is 6.30. The first-order valence-corrected chi connectivity index (χ1v) is 7.20. The number of rotatable bonds is 4. The summed E-state index contributed by atoms with van der Waals surface area (Å²) in [7, 11) is 0. The summed E-state index contributed by atoms with van der Waals surface area (Å²) in [6.45, 7) is 7.21. The smallest absolute Gasteiger partial charge is 0.407 e. The summed E-state index contributed by atoms with van der Waals surface area (Å²) < 4.78 is 5.15. The van der Waals surface area contributed by atoms with E-state index in [1.165, 1.54) is 0 Å². The third-order valence-electron chi connectivity index (χ3n) is 2.89. The summed E-state index contributed by atoms with van der Waals surface area (Å²) in [4.78, 5) is 23.4. The maximum absolute atomic E-state index is 11.9. The number of carbonyl (C=O) groups excluding carboxylic acids is 2. The Kier molecular flexibility index (Phi) is 6.05. The Labute approximate surface area is 121 Å². The van der Waals surface area contributed by atoms with E-state index in [1.807, 2.05) is 0 Å². The Balaban J connectivity index is 2.27. The molecule has 2 amide bonds. The molecule has 1 aliphatic carbocycles. The van der Waals surface area contributed by atoms with E-state index in [4.69, 9.17) is 4.74 Å². The Morgan fingerprint density at radius 2 is 2.05 bits per heavy atom. The zero-order chi connectivity index (χ0) is 15.2. The van der Waals surface area contributed by atoms with Crippen molar-refractivity contribution in [3.05, 3.63) is 12.2 Å². The fraction of sp³-hybridized carbons (Fsp3) is 0.733. The topological polar surface area (TPSA) is 67.4 Å². The molecular formula is C15H26N2O3. The number of nitrogens with one attached hydrogen (secondary N) is 2. The van der Waals surface area contributed by atoms with Gasteiger partial charge in [-0.05, 0) is 47.0 Å². The van der Waals surface area contributed by atoms with Crippen LogP contribution in [0.2, 0.25) is 0 Å². The molecule has 0 heterocycles. The van der Waals surface area contributed by atoms with E-state index in [-0.39, 0.29) is 24.4 Å².